The number of hydrogen-bond donors (Lipinski definition) is 2. The second-order valence-electron chi connectivity index (χ2n) is 10.8. The average Bonchev–Trinajstić information content (AvgIpc) is 2.81. The van der Waals surface area contributed by atoms with Gasteiger partial charge < -0.3 is 20.1 Å². The number of ketones is 1. The normalized spacial score (nSPS) is 12.3. The van der Waals surface area contributed by atoms with Crippen molar-refractivity contribution in [2.24, 2.45) is 0 Å². The van der Waals surface area contributed by atoms with Crippen LogP contribution in [0.15, 0.2) is 54.6 Å². The van der Waals surface area contributed by atoms with Crippen LogP contribution in [0.5, 0.6) is 0 Å². The molecule has 8 heteroatoms. The third-order valence-corrected chi connectivity index (χ3v) is 5.03. The lowest BCUT2D eigenvalue weighted by Crippen LogP contribution is -2.44. The van der Waals surface area contributed by atoms with E-state index in [0.717, 1.165) is 0 Å². The van der Waals surface area contributed by atoms with Gasteiger partial charge in [0.05, 0.1) is 0 Å². The lowest BCUT2D eigenvalue weighted by atomic mass is 10.0. The zero-order valence-corrected chi connectivity index (χ0v) is 22.6. The van der Waals surface area contributed by atoms with E-state index in [1.807, 2.05) is 6.07 Å². The molecular formula is C29H38N2O6. The van der Waals surface area contributed by atoms with Gasteiger partial charge in [-0.2, -0.15) is 0 Å². The average molecular weight is 511 g/mol. The van der Waals surface area contributed by atoms with Gasteiger partial charge in [-0.3, -0.25) is 9.59 Å². The van der Waals surface area contributed by atoms with Crippen molar-refractivity contribution >= 4 is 23.8 Å². The summed E-state index contributed by atoms with van der Waals surface area (Å²) in [7, 11) is 0. The Morgan fingerprint density at radius 2 is 1.27 bits per heavy atom. The fraction of sp³-hybridized carbons (Fsp3) is 0.448. The van der Waals surface area contributed by atoms with E-state index in [1.165, 1.54) is 0 Å². The molecule has 0 saturated carbocycles. The van der Waals surface area contributed by atoms with E-state index in [9.17, 15) is 19.2 Å². The third-order valence-electron chi connectivity index (χ3n) is 5.03. The summed E-state index contributed by atoms with van der Waals surface area (Å²) in [5, 5.41) is 5.44. The number of benzene rings is 2. The van der Waals surface area contributed by atoms with Crippen LogP contribution in [-0.4, -0.2) is 47.5 Å². The third kappa shape index (κ3) is 10.9. The molecule has 1 atom stereocenters. The van der Waals surface area contributed by atoms with Crippen LogP contribution < -0.4 is 10.6 Å². The van der Waals surface area contributed by atoms with Gasteiger partial charge in [0, 0.05) is 23.2 Å². The number of ether oxygens (including phenoxy) is 2. The highest BCUT2D eigenvalue weighted by Gasteiger charge is 2.27. The van der Waals surface area contributed by atoms with Gasteiger partial charge >= 0.3 is 12.1 Å². The molecule has 2 aromatic carbocycles. The maximum Gasteiger partial charge on any atom is 0.407 e. The van der Waals surface area contributed by atoms with Gasteiger partial charge in [0.1, 0.15) is 17.2 Å². The van der Waals surface area contributed by atoms with Gasteiger partial charge in [-0.1, -0.05) is 42.5 Å². The standard InChI is InChI=1S/C29H38N2O6/c1-28(2,3)36-26(34)23(14-10-11-19-30-27(35)37-29(4,5)6)31-25(33)22-17-15-21(16-18-22)24(32)20-12-8-7-9-13-20/h7-9,12-13,15-18,23H,10-11,14,19H2,1-6H3,(H,30,35)(H,31,33). The molecule has 0 spiro atoms. The first-order valence-electron chi connectivity index (χ1n) is 12.5. The van der Waals surface area contributed by atoms with Gasteiger partial charge in [0.15, 0.2) is 5.78 Å². The van der Waals surface area contributed by atoms with Crippen LogP contribution in [0.2, 0.25) is 0 Å². The highest BCUT2D eigenvalue weighted by Crippen LogP contribution is 2.14. The molecule has 0 aromatic heterocycles. The molecule has 0 fully saturated rings. The Balaban J connectivity index is 1.98. The van der Waals surface area contributed by atoms with Crippen molar-refractivity contribution in [2.75, 3.05) is 6.54 Å². The summed E-state index contributed by atoms with van der Waals surface area (Å²) in [6.45, 7) is 11.0. The number of alkyl carbamates (subject to hydrolysis) is 1. The number of carbonyl (C=O) groups is 4. The summed E-state index contributed by atoms with van der Waals surface area (Å²) in [5.74, 6) is -1.11. The maximum atomic E-state index is 12.9. The Kier molecular flexibility index (Phi) is 10.4. The highest BCUT2D eigenvalue weighted by atomic mass is 16.6. The second kappa shape index (κ2) is 13.0. The summed E-state index contributed by atoms with van der Waals surface area (Å²) in [4.78, 5) is 50.1. The number of carbonyl (C=O) groups excluding carboxylic acids is 4. The minimum absolute atomic E-state index is 0.140. The molecule has 0 aliphatic carbocycles. The molecule has 1 unspecified atom stereocenters. The van der Waals surface area contributed by atoms with E-state index in [1.54, 1.807) is 90.1 Å². The van der Waals surface area contributed by atoms with E-state index < -0.39 is 35.2 Å². The van der Waals surface area contributed by atoms with Crippen LogP contribution in [0.1, 0.15) is 87.1 Å². The Hall–Kier alpha value is -3.68. The number of rotatable bonds is 10. The number of amides is 2. The minimum atomic E-state index is -0.862. The van der Waals surface area contributed by atoms with Crippen LogP contribution >= 0.6 is 0 Å². The Morgan fingerprint density at radius 1 is 0.730 bits per heavy atom. The van der Waals surface area contributed by atoms with E-state index in [0.29, 0.717) is 42.5 Å². The molecule has 200 valence electrons. The monoisotopic (exact) mass is 510 g/mol. The van der Waals surface area contributed by atoms with Crippen molar-refractivity contribution in [3.63, 3.8) is 0 Å². The number of esters is 1. The molecule has 0 radical (unpaired) electrons. The van der Waals surface area contributed by atoms with Crippen LogP contribution in [0.25, 0.3) is 0 Å². The molecule has 2 amide bonds. The Morgan fingerprint density at radius 3 is 1.84 bits per heavy atom. The molecular weight excluding hydrogens is 472 g/mol. The van der Waals surface area contributed by atoms with Crippen LogP contribution in [0.3, 0.4) is 0 Å². The fourth-order valence-electron chi connectivity index (χ4n) is 3.37. The summed E-state index contributed by atoms with van der Waals surface area (Å²) in [6, 6.07) is 14.3. The summed E-state index contributed by atoms with van der Waals surface area (Å²) >= 11 is 0. The van der Waals surface area contributed by atoms with Gasteiger partial charge in [-0.15, -0.1) is 0 Å². The van der Waals surface area contributed by atoms with Gasteiger partial charge in [-0.05, 0) is 72.9 Å². The summed E-state index contributed by atoms with van der Waals surface area (Å²) in [5.41, 5.74) is 0.0561. The van der Waals surface area contributed by atoms with Crippen molar-refractivity contribution in [2.45, 2.75) is 78.0 Å². The minimum Gasteiger partial charge on any atom is -0.458 e. The fourth-order valence-corrected chi connectivity index (χ4v) is 3.37. The maximum absolute atomic E-state index is 12.9. The first-order chi connectivity index (χ1) is 17.2. The highest BCUT2D eigenvalue weighted by molar-refractivity contribution is 6.09. The Bertz CT molecular complexity index is 1070. The molecule has 0 saturated heterocycles. The smallest absolute Gasteiger partial charge is 0.407 e. The summed E-state index contributed by atoms with van der Waals surface area (Å²) in [6.07, 6.45) is 0.981. The van der Waals surface area contributed by atoms with Crippen molar-refractivity contribution in [1.29, 1.82) is 0 Å². The van der Waals surface area contributed by atoms with Crippen LogP contribution in [0, 0.1) is 0 Å². The van der Waals surface area contributed by atoms with Crippen molar-refractivity contribution < 1.29 is 28.7 Å². The molecule has 2 N–H and O–H groups in total. The molecule has 0 aliphatic heterocycles. The second-order valence-corrected chi connectivity index (χ2v) is 10.8. The number of unbranched alkanes of at least 4 members (excludes halogenated alkanes) is 1. The van der Waals surface area contributed by atoms with Crippen LogP contribution in [0.4, 0.5) is 4.79 Å². The van der Waals surface area contributed by atoms with Gasteiger partial charge in [0.2, 0.25) is 0 Å². The topological polar surface area (TPSA) is 111 Å². The summed E-state index contributed by atoms with van der Waals surface area (Å²) < 4.78 is 10.7. The largest absolute Gasteiger partial charge is 0.458 e. The number of hydrogen-bond acceptors (Lipinski definition) is 6. The van der Waals surface area contributed by atoms with Crippen molar-refractivity contribution in [1.82, 2.24) is 10.6 Å². The van der Waals surface area contributed by atoms with Crippen LogP contribution in [-0.2, 0) is 14.3 Å². The van der Waals surface area contributed by atoms with Gasteiger partial charge in [0.25, 0.3) is 5.91 Å². The zero-order chi connectivity index (χ0) is 27.6. The van der Waals surface area contributed by atoms with Gasteiger partial charge in [-0.25, -0.2) is 9.59 Å². The van der Waals surface area contributed by atoms with Crippen molar-refractivity contribution in [3.8, 4) is 0 Å². The van der Waals surface area contributed by atoms with E-state index in [2.05, 4.69) is 10.6 Å². The molecule has 0 aliphatic rings. The molecule has 2 rings (SSSR count). The molecule has 37 heavy (non-hydrogen) atoms. The lowest BCUT2D eigenvalue weighted by Gasteiger charge is -2.24. The van der Waals surface area contributed by atoms with Crippen molar-refractivity contribution in [3.05, 3.63) is 71.3 Å². The van der Waals surface area contributed by atoms with E-state index >= 15 is 0 Å². The lowest BCUT2D eigenvalue weighted by molar-refractivity contribution is -0.157. The first kappa shape index (κ1) is 29.5. The molecule has 2 aromatic rings. The quantitative estimate of drug-likeness (QED) is 0.263. The Labute approximate surface area is 219 Å². The molecule has 0 heterocycles. The predicted octanol–water partition coefficient (Wildman–Crippen LogP) is 5.05. The predicted molar refractivity (Wildman–Crippen MR) is 142 cm³/mol. The molecule has 8 nitrogen and oxygen atoms in total. The SMILES string of the molecule is CC(C)(C)OC(=O)NCCCCC(NC(=O)c1ccc(C(=O)c2ccccc2)cc1)C(=O)OC(C)(C)C. The molecule has 0 bridgehead atoms. The van der Waals surface area contributed by atoms with E-state index in [4.69, 9.17) is 9.47 Å². The first-order valence-corrected chi connectivity index (χ1v) is 12.5. The van der Waals surface area contributed by atoms with E-state index in [-0.39, 0.29) is 5.78 Å². The number of nitrogens with one attached hydrogen (secondary N) is 2. The zero-order valence-electron chi connectivity index (χ0n) is 22.6.